The van der Waals surface area contributed by atoms with Crippen LogP contribution in [0.2, 0.25) is 5.02 Å². The topological polar surface area (TPSA) is 63.2 Å². The molecule has 6 heteroatoms. The summed E-state index contributed by atoms with van der Waals surface area (Å²) in [4.78, 5) is 12.4. The van der Waals surface area contributed by atoms with Crippen LogP contribution in [0.3, 0.4) is 0 Å². The maximum atomic E-state index is 12.4. The van der Waals surface area contributed by atoms with E-state index in [0.717, 1.165) is 11.0 Å². The first-order chi connectivity index (χ1) is 11.2. The predicted molar refractivity (Wildman–Crippen MR) is 97.0 cm³/mol. The van der Waals surface area contributed by atoms with E-state index in [1.54, 1.807) is 62.4 Å². The minimum Gasteiger partial charge on any atom is -0.273 e. The molecule has 0 atom stereocenters. The SMILES string of the molecule is CC(C)(C(=O)NS(=O)(=O)/C=C/c1ccccc1)c1cccc(Cl)c1. The van der Waals surface area contributed by atoms with E-state index >= 15 is 0 Å². The number of halogens is 1. The predicted octanol–water partition coefficient (Wildman–Crippen LogP) is 3.73. The molecule has 0 spiro atoms. The molecule has 0 aliphatic rings. The monoisotopic (exact) mass is 363 g/mol. The zero-order valence-corrected chi connectivity index (χ0v) is 14.9. The third kappa shape index (κ3) is 4.69. The standard InChI is InChI=1S/C18H18ClNO3S/c1-18(2,15-9-6-10-16(19)13-15)17(21)20-24(22,23)12-11-14-7-4-3-5-8-14/h3-13H,1-2H3,(H,20,21)/b12-11+. The minimum absolute atomic E-state index is 0.486. The van der Waals surface area contributed by atoms with Crippen LogP contribution >= 0.6 is 11.6 Å². The molecule has 0 bridgehead atoms. The van der Waals surface area contributed by atoms with E-state index in [1.165, 1.54) is 6.08 Å². The Bertz CT molecular complexity index is 859. The van der Waals surface area contributed by atoms with E-state index < -0.39 is 21.3 Å². The lowest BCUT2D eigenvalue weighted by Crippen LogP contribution is -2.42. The number of hydrogen-bond donors (Lipinski definition) is 1. The van der Waals surface area contributed by atoms with Crippen molar-refractivity contribution in [1.29, 1.82) is 0 Å². The smallest absolute Gasteiger partial charge is 0.257 e. The summed E-state index contributed by atoms with van der Waals surface area (Å²) in [7, 11) is -3.89. The van der Waals surface area contributed by atoms with Crippen molar-refractivity contribution in [2.45, 2.75) is 19.3 Å². The highest BCUT2D eigenvalue weighted by Gasteiger charge is 2.32. The van der Waals surface area contributed by atoms with Gasteiger partial charge in [-0.15, -0.1) is 0 Å². The molecule has 2 rings (SSSR count). The van der Waals surface area contributed by atoms with Crippen molar-refractivity contribution < 1.29 is 13.2 Å². The zero-order valence-electron chi connectivity index (χ0n) is 13.4. The quantitative estimate of drug-likeness (QED) is 0.880. The van der Waals surface area contributed by atoms with E-state index in [9.17, 15) is 13.2 Å². The van der Waals surface area contributed by atoms with Crippen LogP contribution in [-0.4, -0.2) is 14.3 Å². The fraction of sp³-hybridized carbons (Fsp3) is 0.167. The second-order valence-corrected chi connectivity index (χ2v) is 7.83. The van der Waals surface area contributed by atoms with Gasteiger partial charge < -0.3 is 0 Å². The normalized spacial score (nSPS) is 12.3. The zero-order chi connectivity index (χ0) is 17.8. The lowest BCUT2D eigenvalue weighted by molar-refractivity contribution is -0.123. The van der Waals surface area contributed by atoms with Crippen molar-refractivity contribution in [2.75, 3.05) is 0 Å². The molecule has 0 aliphatic heterocycles. The fourth-order valence-electron chi connectivity index (χ4n) is 2.03. The molecule has 0 radical (unpaired) electrons. The second kappa shape index (κ2) is 7.20. The van der Waals surface area contributed by atoms with Gasteiger partial charge in [-0.1, -0.05) is 54.1 Å². The highest BCUT2D eigenvalue weighted by molar-refractivity contribution is 7.93. The van der Waals surface area contributed by atoms with Crippen LogP contribution in [0.4, 0.5) is 0 Å². The van der Waals surface area contributed by atoms with Crippen LogP contribution in [0.15, 0.2) is 60.0 Å². The highest BCUT2D eigenvalue weighted by atomic mass is 35.5. The van der Waals surface area contributed by atoms with Crippen molar-refractivity contribution >= 4 is 33.6 Å². The first kappa shape index (κ1) is 18.2. The van der Waals surface area contributed by atoms with Crippen molar-refractivity contribution in [3.8, 4) is 0 Å². The molecule has 0 saturated carbocycles. The summed E-state index contributed by atoms with van der Waals surface area (Å²) in [5.74, 6) is -0.623. The molecule has 0 unspecified atom stereocenters. The van der Waals surface area contributed by atoms with Crippen LogP contribution in [0.25, 0.3) is 6.08 Å². The molecule has 4 nitrogen and oxygen atoms in total. The van der Waals surface area contributed by atoms with E-state index in [2.05, 4.69) is 4.72 Å². The summed E-state index contributed by atoms with van der Waals surface area (Å²) in [6, 6.07) is 15.8. The molecular weight excluding hydrogens is 346 g/mol. The third-order valence-electron chi connectivity index (χ3n) is 3.59. The summed E-state index contributed by atoms with van der Waals surface area (Å²) < 4.78 is 26.3. The first-order valence-electron chi connectivity index (χ1n) is 7.27. The molecule has 1 N–H and O–H groups in total. The third-order valence-corrected chi connectivity index (χ3v) is 4.79. The molecule has 0 saturated heterocycles. The Hall–Kier alpha value is -2.11. The van der Waals surface area contributed by atoms with Gasteiger partial charge in [0.05, 0.1) is 10.8 Å². The maximum absolute atomic E-state index is 12.4. The van der Waals surface area contributed by atoms with E-state index in [4.69, 9.17) is 11.6 Å². The number of sulfonamides is 1. The molecule has 126 valence electrons. The van der Waals surface area contributed by atoms with Crippen LogP contribution < -0.4 is 4.72 Å². The van der Waals surface area contributed by atoms with Gasteiger partial charge in [0.25, 0.3) is 10.0 Å². The molecule has 2 aromatic carbocycles. The number of carbonyl (C=O) groups excluding carboxylic acids is 1. The Morgan fingerprint density at radius 2 is 1.75 bits per heavy atom. The van der Waals surface area contributed by atoms with Gasteiger partial charge >= 0.3 is 0 Å². The Labute approximate surface area is 147 Å². The Balaban J connectivity index is 2.17. The molecule has 2 aromatic rings. The summed E-state index contributed by atoms with van der Waals surface area (Å²) in [5, 5.41) is 1.47. The van der Waals surface area contributed by atoms with Gasteiger partial charge in [-0.25, -0.2) is 13.1 Å². The first-order valence-corrected chi connectivity index (χ1v) is 9.19. The fourth-order valence-corrected chi connectivity index (χ4v) is 3.14. The van der Waals surface area contributed by atoms with E-state index in [-0.39, 0.29) is 0 Å². The number of hydrogen-bond acceptors (Lipinski definition) is 3. The second-order valence-electron chi connectivity index (χ2n) is 5.82. The molecule has 0 fully saturated rings. The summed E-state index contributed by atoms with van der Waals surface area (Å²) in [6.07, 6.45) is 1.43. The van der Waals surface area contributed by atoms with E-state index in [0.29, 0.717) is 10.6 Å². The van der Waals surface area contributed by atoms with Crippen molar-refractivity contribution in [3.05, 3.63) is 76.2 Å². The van der Waals surface area contributed by atoms with Crippen LogP contribution in [-0.2, 0) is 20.2 Å². The Morgan fingerprint density at radius 1 is 1.08 bits per heavy atom. The van der Waals surface area contributed by atoms with Crippen LogP contribution in [0.5, 0.6) is 0 Å². The lowest BCUT2D eigenvalue weighted by atomic mass is 9.84. The van der Waals surface area contributed by atoms with Crippen molar-refractivity contribution in [2.24, 2.45) is 0 Å². The van der Waals surface area contributed by atoms with Gasteiger partial charge in [-0.05, 0) is 43.2 Å². The number of rotatable bonds is 5. The average molecular weight is 364 g/mol. The Kier molecular flexibility index (Phi) is 5.47. The lowest BCUT2D eigenvalue weighted by Gasteiger charge is -2.23. The molecule has 1 amide bonds. The Morgan fingerprint density at radius 3 is 2.38 bits per heavy atom. The molecule has 0 aromatic heterocycles. The highest BCUT2D eigenvalue weighted by Crippen LogP contribution is 2.26. The minimum atomic E-state index is -3.89. The molecule has 0 aliphatic carbocycles. The van der Waals surface area contributed by atoms with Gasteiger partial charge in [-0.2, -0.15) is 0 Å². The van der Waals surface area contributed by atoms with Crippen LogP contribution in [0, 0.1) is 0 Å². The molecular formula is C18H18ClNO3S. The van der Waals surface area contributed by atoms with E-state index in [1.807, 2.05) is 6.07 Å². The summed E-state index contributed by atoms with van der Waals surface area (Å²) in [6.45, 7) is 3.29. The number of benzene rings is 2. The number of nitrogens with one attached hydrogen (secondary N) is 1. The maximum Gasteiger partial charge on any atom is 0.257 e. The molecule has 0 heterocycles. The van der Waals surface area contributed by atoms with Gasteiger partial charge in [-0.3, -0.25) is 4.79 Å². The molecule has 24 heavy (non-hydrogen) atoms. The van der Waals surface area contributed by atoms with Crippen molar-refractivity contribution in [3.63, 3.8) is 0 Å². The summed E-state index contributed by atoms with van der Waals surface area (Å²) >= 11 is 5.95. The van der Waals surface area contributed by atoms with Crippen LogP contribution in [0.1, 0.15) is 25.0 Å². The van der Waals surface area contributed by atoms with Crippen molar-refractivity contribution in [1.82, 2.24) is 4.72 Å². The number of carbonyl (C=O) groups is 1. The van der Waals surface area contributed by atoms with Gasteiger partial charge in [0.2, 0.25) is 5.91 Å². The number of amides is 1. The van der Waals surface area contributed by atoms with Gasteiger partial charge in [0.15, 0.2) is 0 Å². The van der Waals surface area contributed by atoms with Gasteiger partial charge in [0, 0.05) is 5.02 Å². The average Bonchev–Trinajstić information content (AvgIpc) is 2.53. The largest absolute Gasteiger partial charge is 0.273 e. The van der Waals surface area contributed by atoms with Gasteiger partial charge in [0.1, 0.15) is 0 Å². The summed E-state index contributed by atoms with van der Waals surface area (Å²) in [5.41, 5.74) is 0.317.